The maximum Gasteiger partial charge on any atom is 0.251 e. The van der Waals surface area contributed by atoms with Crippen LogP contribution in [0.3, 0.4) is 0 Å². The molecule has 162 valence electrons. The van der Waals surface area contributed by atoms with E-state index in [9.17, 15) is 9.90 Å². The van der Waals surface area contributed by atoms with Gasteiger partial charge in [-0.2, -0.15) is 0 Å². The van der Waals surface area contributed by atoms with Crippen molar-refractivity contribution < 1.29 is 14.6 Å². The Hall–Kier alpha value is -3.23. The summed E-state index contributed by atoms with van der Waals surface area (Å²) in [5.41, 5.74) is 7.54. The summed E-state index contributed by atoms with van der Waals surface area (Å²) in [4.78, 5) is 23.4. The quantitative estimate of drug-likeness (QED) is 0.475. The van der Waals surface area contributed by atoms with Gasteiger partial charge >= 0.3 is 0 Å². The number of fused-ring (bicyclic) bond motifs is 1. The maximum absolute atomic E-state index is 12.5. The Bertz CT molecular complexity index is 1040. The molecule has 3 aromatic rings. The van der Waals surface area contributed by atoms with Gasteiger partial charge < -0.3 is 25.8 Å². The van der Waals surface area contributed by atoms with Gasteiger partial charge in [0.15, 0.2) is 0 Å². The van der Waals surface area contributed by atoms with Crippen LogP contribution in [-0.2, 0) is 0 Å². The van der Waals surface area contributed by atoms with Crippen LogP contribution in [0.15, 0.2) is 54.9 Å². The summed E-state index contributed by atoms with van der Waals surface area (Å²) in [6.45, 7) is 2.39. The fourth-order valence-corrected chi connectivity index (χ4v) is 3.75. The number of nitrogens with two attached hydrogens (primary N) is 1. The molecule has 1 aromatic carbocycles. The second-order valence-electron chi connectivity index (χ2n) is 7.79. The molecule has 0 unspecified atom stereocenters. The normalized spacial score (nSPS) is 18.3. The first kappa shape index (κ1) is 21.0. The number of anilines is 1. The van der Waals surface area contributed by atoms with Gasteiger partial charge in [0.25, 0.3) is 5.91 Å². The zero-order valence-corrected chi connectivity index (χ0v) is 17.3. The topological polar surface area (TPSA) is 114 Å². The number of amides is 1. The highest BCUT2D eigenvalue weighted by Crippen LogP contribution is 2.30. The highest BCUT2D eigenvalue weighted by Gasteiger charge is 2.37. The lowest BCUT2D eigenvalue weighted by Gasteiger charge is -2.25. The lowest BCUT2D eigenvalue weighted by atomic mass is 10.0. The van der Waals surface area contributed by atoms with Gasteiger partial charge in [0.2, 0.25) is 0 Å². The highest BCUT2D eigenvalue weighted by atomic mass is 16.5. The van der Waals surface area contributed by atoms with E-state index >= 15 is 0 Å². The van der Waals surface area contributed by atoms with Gasteiger partial charge in [-0.25, -0.2) is 0 Å². The van der Waals surface area contributed by atoms with Crippen molar-refractivity contribution in [3.05, 3.63) is 60.4 Å². The standard InChI is InChI=1S/C23H27N5O3/c24-10-2-14-31-18-6-4-17(5-7-18)22(29)27-15-23(30)9-13-28(16-23)20-8-12-25-19-3-1-11-26-21(19)20/h1,3-8,11-12,30H,2,9-10,13-16,24H2,(H,27,29)/t23-/m0/s1. The minimum atomic E-state index is -1.01. The third-order valence-corrected chi connectivity index (χ3v) is 5.46. The molecule has 1 aliphatic heterocycles. The molecule has 3 heterocycles. The van der Waals surface area contributed by atoms with E-state index in [-0.39, 0.29) is 12.5 Å². The molecule has 4 N–H and O–H groups in total. The minimum Gasteiger partial charge on any atom is -0.494 e. The molecule has 0 radical (unpaired) electrons. The molecular weight excluding hydrogens is 394 g/mol. The summed E-state index contributed by atoms with van der Waals surface area (Å²) in [6.07, 6.45) is 4.83. The molecule has 1 aliphatic rings. The summed E-state index contributed by atoms with van der Waals surface area (Å²) in [6, 6.07) is 12.6. The summed E-state index contributed by atoms with van der Waals surface area (Å²) in [5, 5.41) is 13.9. The SMILES string of the molecule is NCCCOc1ccc(C(=O)NC[C@@]2(O)CCN(c3ccnc4cccnc34)C2)cc1. The molecule has 8 heteroatoms. The van der Waals surface area contributed by atoms with Crippen LogP contribution in [0.2, 0.25) is 0 Å². The predicted octanol–water partition coefficient (Wildman–Crippen LogP) is 1.73. The van der Waals surface area contributed by atoms with Crippen molar-refractivity contribution >= 4 is 22.6 Å². The van der Waals surface area contributed by atoms with Crippen LogP contribution in [0.1, 0.15) is 23.2 Å². The van der Waals surface area contributed by atoms with Gasteiger partial charge in [0.05, 0.1) is 17.8 Å². The Morgan fingerprint density at radius 1 is 1.19 bits per heavy atom. The van der Waals surface area contributed by atoms with E-state index in [1.54, 1.807) is 36.7 Å². The summed E-state index contributed by atoms with van der Waals surface area (Å²) < 4.78 is 5.56. The van der Waals surface area contributed by atoms with Crippen molar-refractivity contribution in [2.45, 2.75) is 18.4 Å². The molecule has 8 nitrogen and oxygen atoms in total. The van der Waals surface area contributed by atoms with E-state index in [0.29, 0.717) is 44.0 Å². The molecule has 1 saturated heterocycles. The minimum absolute atomic E-state index is 0.174. The molecule has 1 amide bonds. The van der Waals surface area contributed by atoms with E-state index in [1.807, 2.05) is 18.2 Å². The number of nitrogens with one attached hydrogen (secondary N) is 1. The number of aromatic nitrogens is 2. The number of hydrogen-bond acceptors (Lipinski definition) is 7. The number of β-amino-alcohol motifs (C(OH)–C–C–N with tert-alkyl or cyclic N) is 1. The molecule has 0 spiro atoms. The van der Waals surface area contributed by atoms with E-state index in [1.165, 1.54) is 0 Å². The summed E-state index contributed by atoms with van der Waals surface area (Å²) >= 11 is 0. The molecule has 1 fully saturated rings. The number of benzene rings is 1. The van der Waals surface area contributed by atoms with E-state index < -0.39 is 5.60 Å². The number of ether oxygens (including phenoxy) is 1. The van der Waals surface area contributed by atoms with Crippen molar-refractivity contribution in [3.63, 3.8) is 0 Å². The van der Waals surface area contributed by atoms with Crippen molar-refractivity contribution in [2.75, 3.05) is 37.7 Å². The van der Waals surface area contributed by atoms with Gasteiger partial charge in [-0.05, 0) is 61.9 Å². The molecule has 4 rings (SSSR count). The second-order valence-corrected chi connectivity index (χ2v) is 7.79. The fraction of sp³-hybridized carbons (Fsp3) is 0.348. The van der Waals surface area contributed by atoms with Crippen molar-refractivity contribution in [1.29, 1.82) is 0 Å². The average Bonchev–Trinajstić information content (AvgIpc) is 3.20. The Morgan fingerprint density at radius 3 is 2.84 bits per heavy atom. The number of carbonyl (C=O) groups excluding carboxylic acids is 1. The van der Waals surface area contributed by atoms with Crippen LogP contribution in [0.25, 0.3) is 11.0 Å². The van der Waals surface area contributed by atoms with Crippen LogP contribution < -0.4 is 20.7 Å². The van der Waals surface area contributed by atoms with Gasteiger partial charge in [0.1, 0.15) is 16.9 Å². The van der Waals surface area contributed by atoms with Crippen LogP contribution in [0.4, 0.5) is 5.69 Å². The monoisotopic (exact) mass is 421 g/mol. The molecule has 0 saturated carbocycles. The zero-order chi connectivity index (χ0) is 21.7. The van der Waals surface area contributed by atoms with Crippen LogP contribution in [0.5, 0.6) is 5.75 Å². The Balaban J connectivity index is 1.35. The Morgan fingerprint density at radius 2 is 2.03 bits per heavy atom. The van der Waals surface area contributed by atoms with E-state index in [0.717, 1.165) is 23.1 Å². The number of aliphatic hydroxyl groups is 1. The third kappa shape index (κ3) is 4.92. The molecule has 31 heavy (non-hydrogen) atoms. The lowest BCUT2D eigenvalue weighted by molar-refractivity contribution is 0.0576. The van der Waals surface area contributed by atoms with Crippen LogP contribution >= 0.6 is 0 Å². The highest BCUT2D eigenvalue weighted by molar-refractivity contribution is 5.94. The first-order valence-electron chi connectivity index (χ1n) is 10.5. The van der Waals surface area contributed by atoms with Crippen LogP contribution in [-0.4, -0.2) is 59.4 Å². The largest absolute Gasteiger partial charge is 0.494 e. The summed E-state index contributed by atoms with van der Waals surface area (Å²) in [5.74, 6) is 0.477. The number of pyridine rings is 2. The summed E-state index contributed by atoms with van der Waals surface area (Å²) in [7, 11) is 0. The van der Waals surface area contributed by atoms with Crippen molar-refractivity contribution in [1.82, 2.24) is 15.3 Å². The lowest BCUT2D eigenvalue weighted by Crippen LogP contribution is -2.45. The van der Waals surface area contributed by atoms with Crippen molar-refractivity contribution in [3.8, 4) is 5.75 Å². The number of rotatable bonds is 8. The second kappa shape index (κ2) is 9.28. The first-order chi connectivity index (χ1) is 15.1. The number of hydrogen-bond donors (Lipinski definition) is 3. The van der Waals surface area contributed by atoms with Crippen molar-refractivity contribution in [2.24, 2.45) is 5.73 Å². The molecule has 0 aliphatic carbocycles. The molecule has 2 aromatic heterocycles. The molecule has 1 atom stereocenters. The van der Waals surface area contributed by atoms with Gasteiger partial charge in [-0.3, -0.25) is 14.8 Å². The Labute approximate surface area is 181 Å². The first-order valence-corrected chi connectivity index (χ1v) is 10.5. The van der Waals surface area contributed by atoms with E-state index in [2.05, 4.69) is 20.2 Å². The fourth-order valence-electron chi connectivity index (χ4n) is 3.75. The number of nitrogens with zero attached hydrogens (tertiary/aromatic N) is 3. The number of carbonyl (C=O) groups is 1. The van der Waals surface area contributed by atoms with Gasteiger partial charge in [-0.15, -0.1) is 0 Å². The third-order valence-electron chi connectivity index (χ3n) is 5.46. The average molecular weight is 422 g/mol. The van der Waals surface area contributed by atoms with Crippen LogP contribution in [0, 0.1) is 0 Å². The van der Waals surface area contributed by atoms with Gasteiger partial charge in [-0.1, -0.05) is 0 Å². The predicted molar refractivity (Wildman–Crippen MR) is 119 cm³/mol. The maximum atomic E-state index is 12.5. The molecular formula is C23H27N5O3. The Kier molecular flexibility index (Phi) is 6.29. The zero-order valence-electron chi connectivity index (χ0n) is 17.3. The van der Waals surface area contributed by atoms with E-state index in [4.69, 9.17) is 10.5 Å². The molecule has 0 bridgehead atoms. The smallest absolute Gasteiger partial charge is 0.251 e. The van der Waals surface area contributed by atoms with Gasteiger partial charge in [0, 0.05) is 37.6 Å².